The van der Waals surface area contributed by atoms with Crippen LogP contribution >= 0.6 is 23.4 Å². The van der Waals surface area contributed by atoms with Gasteiger partial charge < -0.3 is 11.6 Å². The fraction of sp³-hybridized carbons (Fsp3) is 1.00. The Kier molecular flexibility index (Phi) is 4170. The van der Waals surface area contributed by atoms with Crippen LogP contribution in [0.5, 0.6) is 0 Å². The Morgan fingerprint density at radius 1 is 0.923 bits per heavy atom. The first-order chi connectivity index (χ1) is 0. The van der Waals surface area contributed by atoms with Crippen molar-refractivity contribution in [3.63, 3.8) is 0 Å². The van der Waals surface area contributed by atoms with E-state index in [0.29, 0.717) is 0 Å². The average Bonchev–Trinajstić information content (AvgIpc) is 0. The maximum absolute atomic E-state index is 0. The van der Waals surface area contributed by atoms with Gasteiger partial charge in [0, 0.05) is 89.1 Å². The van der Waals surface area contributed by atoms with E-state index in [0.717, 1.165) is 0 Å². The maximum Gasteiger partial charge on any atom is 0.187 e. The zero-order chi connectivity index (χ0) is 0. The molecule has 13 heavy (non-hydrogen) atoms. The van der Waals surface area contributed by atoms with E-state index in [-0.39, 0.29) is 167 Å². The van der Waals surface area contributed by atoms with E-state index in [1.807, 2.05) is 0 Å². The summed E-state index contributed by atoms with van der Waals surface area (Å²) in [5.74, 6) is 0. The van der Waals surface area contributed by atoms with Crippen LogP contribution in [-0.4, -0.2) is 33.8 Å². The summed E-state index contributed by atoms with van der Waals surface area (Å²) in [6.45, 7) is 0. The summed E-state index contributed by atoms with van der Waals surface area (Å²) in [7, 11) is 0. The zero-order valence-corrected chi connectivity index (χ0v) is 13.0. The Bertz CT molecular complexity index is 46.1. The molecule has 2 radical (unpaired) electrons. The largest absolute Gasteiger partial charge is 0.412 e. The van der Waals surface area contributed by atoms with Crippen molar-refractivity contribution < 1.29 is 94.5 Å². The van der Waals surface area contributed by atoms with Crippen molar-refractivity contribution in [2.24, 2.45) is 0 Å². The summed E-state index contributed by atoms with van der Waals surface area (Å²) < 4.78 is 0. The minimum absolute atomic E-state index is 0. The normalized spacial score (nSPS) is 0. The van der Waals surface area contributed by atoms with Gasteiger partial charge in [0.25, 0.3) is 0 Å². The standard InChI is InChI=1S/2CH4.Al.Cr.Cu.Mn.Mo.H3N.Ni.H2O.H3P.H2S.H4Si.3H/h2*1H4;;;;;;1H3;;1H2;1H3;1H2;1H4;;;. The second-order valence-corrected chi connectivity index (χ2v) is 0. The minimum atomic E-state index is 0. The monoisotopic (exact) mass is 523 g/mol. The first kappa shape index (κ1) is 256. The summed E-state index contributed by atoms with van der Waals surface area (Å²) >= 11 is 0. The molecule has 5 N–H and O–H groups in total. The third kappa shape index (κ3) is 185. The third-order valence-corrected chi connectivity index (χ3v) is 0. The van der Waals surface area contributed by atoms with Crippen LogP contribution in [0.3, 0.4) is 0 Å². The van der Waals surface area contributed by atoms with Gasteiger partial charge in [-0.05, 0) is 11.0 Å². The van der Waals surface area contributed by atoms with E-state index >= 15 is 0 Å². The Morgan fingerprint density at radius 3 is 0.923 bits per heavy atom. The number of hydrogen-bond donors (Lipinski definition) is 1. The molecule has 0 saturated carbocycles. The van der Waals surface area contributed by atoms with Crippen LogP contribution in [0.2, 0.25) is 0 Å². The van der Waals surface area contributed by atoms with Gasteiger partial charge in [-0.1, -0.05) is 14.9 Å². The van der Waals surface area contributed by atoms with Gasteiger partial charge in [-0.15, -0.1) is 0 Å². The molecule has 0 bridgehead atoms. The molecule has 0 heterocycles. The van der Waals surface area contributed by atoms with E-state index in [9.17, 15) is 0 Å². The molecule has 0 spiro atoms. The van der Waals surface area contributed by atoms with Crippen molar-refractivity contribution in [3.8, 4) is 0 Å². The molecule has 0 saturated heterocycles. The van der Waals surface area contributed by atoms with Gasteiger partial charge in [0.2, 0.25) is 0 Å². The maximum atomic E-state index is 0. The summed E-state index contributed by atoms with van der Waals surface area (Å²) in [6.07, 6.45) is 0. The van der Waals surface area contributed by atoms with Crippen LogP contribution in [0.4, 0.5) is 0 Å². The summed E-state index contributed by atoms with van der Waals surface area (Å²) in [5, 5.41) is 0. The topological polar surface area (TPSA) is 66.5 Å². The summed E-state index contributed by atoms with van der Waals surface area (Å²) in [5.41, 5.74) is 0. The van der Waals surface area contributed by atoms with E-state index in [2.05, 4.69) is 0 Å². The van der Waals surface area contributed by atoms with Crippen LogP contribution in [-0.2, 0) is 89.1 Å². The molecule has 102 valence electrons. The summed E-state index contributed by atoms with van der Waals surface area (Å²) in [4.78, 5) is 0. The molecule has 1 unspecified atom stereocenters. The van der Waals surface area contributed by atoms with E-state index in [1.165, 1.54) is 0 Å². The van der Waals surface area contributed by atoms with Gasteiger partial charge in [-0.25, -0.2) is 0 Å². The molecule has 0 aliphatic carbocycles. The number of rotatable bonds is 0. The first-order valence-corrected chi connectivity index (χ1v) is 0. The van der Waals surface area contributed by atoms with Crippen LogP contribution in [0.15, 0.2) is 0 Å². The van der Waals surface area contributed by atoms with Crippen LogP contribution in [0, 0.1) is 0 Å². The van der Waals surface area contributed by atoms with Crippen molar-refractivity contribution in [1.82, 2.24) is 6.15 Å². The van der Waals surface area contributed by atoms with Crippen LogP contribution < -0.4 is 6.15 Å². The van der Waals surface area contributed by atoms with Gasteiger partial charge in [0.15, 0.2) is 17.4 Å². The average molecular weight is 522 g/mol. The molecular weight excluding hydrogens is 497 g/mol. The second kappa shape index (κ2) is 212. The van der Waals surface area contributed by atoms with E-state index < -0.39 is 0 Å². The van der Waals surface area contributed by atoms with Gasteiger partial charge >= 0.3 is 0 Å². The van der Waals surface area contributed by atoms with Gasteiger partial charge in [-0.2, -0.15) is 23.4 Å². The minimum Gasteiger partial charge on any atom is -0.412 e. The van der Waals surface area contributed by atoms with Crippen LogP contribution in [0.1, 0.15) is 14.9 Å². The van der Waals surface area contributed by atoms with Gasteiger partial charge in [0.05, 0.1) is 0 Å². The molecule has 0 aromatic heterocycles. The molecule has 0 aliphatic heterocycles. The smallest absolute Gasteiger partial charge is 0.187 e. The number of hydrogen-bond acceptors (Lipinski definition) is 1. The Balaban J connectivity index is 0. The van der Waals surface area contributed by atoms with Crippen molar-refractivity contribution in [1.29, 1.82) is 0 Å². The Morgan fingerprint density at radius 2 is 0.923 bits per heavy atom. The quantitative estimate of drug-likeness (QED) is 0.294. The van der Waals surface area contributed by atoms with Crippen molar-refractivity contribution in [3.05, 3.63) is 0 Å². The SMILES string of the molecule is C.C.N.O.P.S.[AlH3].[Cr].[Cu].[Mn].[Mo].[Ni].[SiH4]. The van der Waals surface area contributed by atoms with Crippen molar-refractivity contribution >= 4 is 51.7 Å². The van der Waals surface area contributed by atoms with Crippen molar-refractivity contribution in [2.75, 3.05) is 0 Å². The van der Waals surface area contributed by atoms with Crippen molar-refractivity contribution in [2.45, 2.75) is 14.9 Å². The predicted octanol–water partition coefficient (Wildman–Crippen LogP) is -1.87. The van der Waals surface area contributed by atoms with Gasteiger partial charge in [0.1, 0.15) is 0 Å². The first-order valence-electron chi connectivity index (χ1n) is 0. The van der Waals surface area contributed by atoms with E-state index in [1.54, 1.807) is 0 Å². The molecule has 1 atom stereocenters. The molecule has 0 aliphatic rings. The zero-order valence-electron chi connectivity index (χ0n) is 4.23. The molecule has 11 heteroatoms. The third-order valence-electron chi connectivity index (χ3n) is 0. The Labute approximate surface area is 165 Å². The Hall–Kier alpha value is 4.20. The molecular formula is C2H25AlCrCuMnMoNNiOPSSi. The molecule has 0 amide bonds. The van der Waals surface area contributed by atoms with Gasteiger partial charge in [-0.3, -0.25) is 0 Å². The predicted molar refractivity (Wildman–Crippen MR) is 64.9 cm³/mol. The molecule has 0 fully saturated rings. The van der Waals surface area contributed by atoms with Crippen LogP contribution in [0.25, 0.3) is 0 Å². The molecule has 0 aromatic carbocycles. The molecule has 0 rings (SSSR count). The molecule has 2 nitrogen and oxygen atoms in total. The van der Waals surface area contributed by atoms with E-state index in [4.69, 9.17) is 0 Å². The second-order valence-electron chi connectivity index (χ2n) is 0. The fourth-order valence-corrected chi connectivity index (χ4v) is 0. The molecule has 0 aromatic rings. The fourth-order valence-electron chi connectivity index (χ4n) is 0. The summed E-state index contributed by atoms with van der Waals surface area (Å²) in [6, 6.07) is 0.